The lowest BCUT2D eigenvalue weighted by Crippen LogP contribution is -2.51. The zero-order valence-electron chi connectivity index (χ0n) is 35.4. The molecular weight excluding hydrogens is 771 g/mol. The number of pyridine rings is 2. The molecule has 3 unspecified atom stereocenters. The van der Waals surface area contributed by atoms with Gasteiger partial charge in [-0.3, -0.25) is 49.1 Å². The van der Waals surface area contributed by atoms with Gasteiger partial charge in [-0.05, 0) is 105 Å². The van der Waals surface area contributed by atoms with E-state index in [1.54, 1.807) is 0 Å². The number of fused-ring (bicyclic) bond motifs is 2. The smallest absolute Gasteiger partial charge is 0.269 e. The van der Waals surface area contributed by atoms with Crippen molar-refractivity contribution < 1.29 is 19.2 Å². The molecule has 1 aliphatic carbocycles. The molecule has 9 rings (SSSR count). The van der Waals surface area contributed by atoms with E-state index in [1.165, 1.54) is 5.69 Å². The summed E-state index contributed by atoms with van der Waals surface area (Å²) in [7, 11) is 0. The van der Waals surface area contributed by atoms with Crippen LogP contribution in [0, 0.1) is 17.8 Å². The van der Waals surface area contributed by atoms with Crippen molar-refractivity contribution in [2.45, 2.75) is 89.8 Å². The van der Waals surface area contributed by atoms with Gasteiger partial charge in [0, 0.05) is 125 Å². The molecule has 0 saturated carbocycles. The summed E-state index contributed by atoms with van der Waals surface area (Å²) in [5.74, 6) is -0.226. The number of benzene rings is 1. The quantitative estimate of drug-likeness (QED) is 0.244. The Bertz CT molecular complexity index is 2280. The van der Waals surface area contributed by atoms with E-state index in [0.29, 0.717) is 43.7 Å². The first-order valence-corrected chi connectivity index (χ1v) is 22.7. The number of aryl methyl sites for hydroxylation is 1. The van der Waals surface area contributed by atoms with Crippen molar-refractivity contribution in [3.8, 4) is 0 Å². The maximum absolute atomic E-state index is 13.2. The van der Waals surface area contributed by atoms with Crippen LogP contribution in [0.15, 0.2) is 58.1 Å². The van der Waals surface area contributed by atoms with Crippen LogP contribution >= 0.6 is 0 Å². The number of hydrogen-bond donors (Lipinski definition) is 3. The number of ketones is 1. The van der Waals surface area contributed by atoms with E-state index < -0.39 is 0 Å². The SMILES string of the molecule is CCc1cc2ncc(CN3CCN(C4C=NC(C(=O)NC5CCN(CC6CCN(c7ccc8c(c7)CC(CC7CCC(=O)NC7=O)C8=O)CC6)CC5)=CC4)CC3)cc2[nH]c1=O. The molecule has 322 valence electrons. The fourth-order valence-corrected chi connectivity index (χ4v) is 10.5. The van der Waals surface area contributed by atoms with Crippen molar-refractivity contribution >= 4 is 46.4 Å². The number of nitrogens with zero attached hydrogens (tertiary/aromatic N) is 6. The molecular formula is C47H59N9O5. The number of aliphatic imine (C=N–C) groups is 1. The summed E-state index contributed by atoms with van der Waals surface area (Å²) in [5, 5.41) is 5.71. The number of imide groups is 1. The number of carbonyl (C=O) groups excluding carboxylic acids is 4. The van der Waals surface area contributed by atoms with E-state index in [9.17, 15) is 24.0 Å². The average molecular weight is 830 g/mol. The molecule has 14 nitrogen and oxygen atoms in total. The highest BCUT2D eigenvalue weighted by Crippen LogP contribution is 2.36. The molecule has 0 bridgehead atoms. The summed E-state index contributed by atoms with van der Waals surface area (Å²) in [5.41, 5.74) is 6.99. The zero-order chi connectivity index (χ0) is 42.0. The van der Waals surface area contributed by atoms with E-state index in [1.807, 2.05) is 43.6 Å². The number of hydrogen-bond acceptors (Lipinski definition) is 11. The maximum atomic E-state index is 13.2. The lowest BCUT2D eigenvalue weighted by Gasteiger charge is -2.39. The van der Waals surface area contributed by atoms with Gasteiger partial charge in [0.2, 0.25) is 11.8 Å². The second kappa shape index (κ2) is 18.1. The normalized spacial score (nSPS) is 24.9. The Morgan fingerprint density at radius 2 is 1.69 bits per heavy atom. The molecule has 6 aliphatic rings. The van der Waals surface area contributed by atoms with E-state index in [2.05, 4.69) is 57.3 Å². The molecule has 61 heavy (non-hydrogen) atoms. The molecule has 0 spiro atoms. The third kappa shape index (κ3) is 9.41. The minimum Gasteiger partial charge on any atom is -0.372 e. The molecule has 14 heteroatoms. The molecule has 3 aromatic rings. The van der Waals surface area contributed by atoms with Gasteiger partial charge in [-0.25, -0.2) is 0 Å². The van der Waals surface area contributed by atoms with Crippen molar-refractivity contribution in [3.63, 3.8) is 0 Å². The lowest BCUT2D eigenvalue weighted by molar-refractivity contribution is -0.136. The summed E-state index contributed by atoms with van der Waals surface area (Å²) in [6.07, 6.45) is 13.5. The van der Waals surface area contributed by atoms with Crippen molar-refractivity contribution in [1.29, 1.82) is 0 Å². The first-order chi connectivity index (χ1) is 29.6. The third-order valence-electron chi connectivity index (χ3n) is 14.2. The van der Waals surface area contributed by atoms with E-state index in [-0.39, 0.29) is 53.0 Å². The number of rotatable bonds is 11. The van der Waals surface area contributed by atoms with E-state index >= 15 is 0 Å². The molecule has 4 saturated heterocycles. The number of nitrogens with one attached hydrogen (secondary N) is 3. The number of piperazine rings is 1. The van der Waals surface area contributed by atoms with Crippen molar-refractivity contribution in [2.75, 3.05) is 63.8 Å². The Kier molecular flexibility index (Phi) is 12.3. The summed E-state index contributed by atoms with van der Waals surface area (Å²) in [4.78, 5) is 84.8. The minimum atomic E-state index is -0.273. The van der Waals surface area contributed by atoms with E-state index in [0.717, 1.165) is 131 Å². The molecule has 7 heterocycles. The molecule has 2 aromatic heterocycles. The van der Waals surface area contributed by atoms with Crippen LogP contribution in [0.5, 0.6) is 0 Å². The highest BCUT2D eigenvalue weighted by Gasteiger charge is 2.37. The lowest BCUT2D eigenvalue weighted by atomic mass is 9.86. The largest absolute Gasteiger partial charge is 0.372 e. The van der Waals surface area contributed by atoms with Crippen LogP contribution in [0.25, 0.3) is 11.0 Å². The number of aromatic nitrogens is 2. The predicted octanol–water partition coefficient (Wildman–Crippen LogP) is 3.63. The maximum Gasteiger partial charge on any atom is 0.269 e. The van der Waals surface area contributed by atoms with Crippen LogP contribution in [0.1, 0.15) is 85.3 Å². The van der Waals surface area contributed by atoms with Crippen molar-refractivity contribution in [3.05, 3.63) is 80.9 Å². The third-order valence-corrected chi connectivity index (χ3v) is 14.2. The summed E-state index contributed by atoms with van der Waals surface area (Å²) in [6.45, 7) is 11.5. The molecule has 5 aliphatic heterocycles. The fraction of sp³-hybridized carbons (Fsp3) is 0.553. The predicted molar refractivity (Wildman–Crippen MR) is 235 cm³/mol. The van der Waals surface area contributed by atoms with Crippen LogP contribution in [0.4, 0.5) is 5.69 Å². The molecule has 4 fully saturated rings. The number of carbonyl (C=O) groups is 4. The number of anilines is 1. The molecule has 1 aromatic carbocycles. The zero-order valence-corrected chi connectivity index (χ0v) is 35.4. The summed E-state index contributed by atoms with van der Waals surface area (Å²) >= 11 is 0. The number of H-pyrrole nitrogens is 1. The van der Waals surface area contributed by atoms with Gasteiger partial charge in [0.15, 0.2) is 5.78 Å². The Balaban J connectivity index is 0.664. The fourth-order valence-electron chi connectivity index (χ4n) is 10.5. The Hall–Kier alpha value is -5.05. The molecule has 3 atom stereocenters. The van der Waals surface area contributed by atoms with E-state index in [4.69, 9.17) is 0 Å². The van der Waals surface area contributed by atoms with Gasteiger partial charge in [0.05, 0.1) is 11.0 Å². The molecule has 3 amide bonds. The monoisotopic (exact) mass is 829 g/mol. The van der Waals surface area contributed by atoms with Crippen LogP contribution in [0.3, 0.4) is 0 Å². The second-order valence-electron chi connectivity index (χ2n) is 18.2. The Morgan fingerprint density at radius 3 is 2.43 bits per heavy atom. The number of amides is 3. The number of piperidine rings is 3. The Labute approximate surface area is 357 Å². The topological polar surface area (TPSA) is 163 Å². The first kappa shape index (κ1) is 41.3. The summed E-state index contributed by atoms with van der Waals surface area (Å²) < 4.78 is 0. The van der Waals surface area contributed by atoms with Gasteiger partial charge in [-0.1, -0.05) is 13.0 Å². The minimum absolute atomic E-state index is 0.0373. The second-order valence-corrected chi connectivity index (χ2v) is 18.2. The number of likely N-dealkylation sites (tertiary alicyclic amines) is 1. The van der Waals surface area contributed by atoms with Crippen molar-refractivity contribution in [1.82, 2.24) is 35.3 Å². The van der Waals surface area contributed by atoms with Gasteiger partial charge >= 0.3 is 0 Å². The molecule has 0 radical (unpaired) electrons. The average Bonchev–Trinajstić information content (AvgIpc) is 3.59. The molecule has 3 N–H and O–H groups in total. The van der Waals surface area contributed by atoms with Crippen LogP contribution in [0.2, 0.25) is 0 Å². The van der Waals surface area contributed by atoms with Crippen LogP contribution in [-0.2, 0) is 33.8 Å². The number of Topliss-reactive ketones (excluding diaryl/α,β-unsaturated/α-hetero) is 1. The standard InChI is InChI=1S/C47H59N9O5/c1-2-32-25-41-42(51-45(32)59)21-31(26-48-41)29-54-17-19-56(20-18-54)38-5-7-40(49-27-38)47(61)50-36-11-13-53(14-12-36)28-30-9-15-55(16-10-30)37-4-6-39-34(24-37)23-35(44(39)58)22-33-3-8-43(57)52-46(33)60/h4,6-7,21,24-27,30,33,35-36,38H,2-3,5,8-20,22-23,28-29H2,1H3,(H,50,61)(H,51,59)(H,52,57,60). The van der Waals surface area contributed by atoms with Gasteiger partial charge < -0.3 is 20.1 Å². The first-order valence-electron chi connectivity index (χ1n) is 22.7. The van der Waals surface area contributed by atoms with Gasteiger partial charge in [0.25, 0.3) is 11.5 Å². The van der Waals surface area contributed by atoms with Gasteiger partial charge in [0.1, 0.15) is 5.70 Å². The summed E-state index contributed by atoms with van der Waals surface area (Å²) in [6, 6.07) is 10.5. The van der Waals surface area contributed by atoms with Crippen LogP contribution < -0.4 is 21.1 Å². The van der Waals surface area contributed by atoms with Crippen LogP contribution in [-0.4, -0.2) is 125 Å². The highest BCUT2D eigenvalue weighted by molar-refractivity contribution is 6.03. The highest BCUT2D eigenvalue weighted by atomic mass is 16.2. The van der Waals surface area contributed by atoms with Gasteiger partial charge in [-0.2, -0.15) is 0 Å². The van der Waals surface area contributed by atoms with Gasteiger partial charge in [-0.15, -0.1) is 0 Å². The van der Waals surface area contributed by atoms with Crippen molar-refractivity contribution in [2.24, 2.45) is 22.7 Å². The Morgan fingerprint density at radius 1 is 0.885 bits per heavy atom. The number of aromatic amines is 1.